The van der Waals surface area contributed by atoms with Crippen molar-refractivity contribution in [2.75, 3.05) is 0 Å². The van der Waals surface area contributed by atoms with Crippen molar-refractivity contribution in [2.45, 2.75) is 6.92 Å². The molecule has 4 aromatic rings. The fourth-order valence-electron chi connectivity index (χ4n) is 2.58. The van der Waals surface area contributed by atoms with Gasteiger partial charge in [-0.15, -0.1) is 0 Å². The molecule has 4 rings (SSSR count). The van der Waals surface area contributed by atoms with Crippen molar-refractivity contribution in [1.29, 1.82) is 0 Å². The third kappa shape index (κ3) is 2.17. The first-order chi connectivity index (χ1) is 10.8. The van der Waals surface area contributed by atoms with Gasteiger partial charge in [-0.2, -0.15) is 0 Å². The number of hydrogen-bond acceptors (Lipinski definition) is 2. The van der Waals surface area contributed by atoms with Gasteiger partial charge in [-0.1, -0.05) is 60.2 Å². The van der Waals surface area contributed by atoms with Crippen LogP contribution in [0, 0.1) is 6.92 Å². The molecule has 0 saturated carbocycles. The Kier molecular flexibility index (Phi) is 2.97. The maximum absolute atomic E-state index is 4.86. The molecule has 0 aliphatic rings. The van der Waals surface area contributed by atoms with Crippen LogP contribution < -0.4 is 0 Å². The Balaban J connectivity index is 1.96. The molecule has 2 aromatic heterocycles. The molecule has 0 fully saturated rings. The Morgan fingerprint density at radius 2 is 1.64 bits per heavy atom. The highest BCUT2D eigenvalue weighted by Crippen LogP contribution is 2.26. The van der Waals surface area contributed by atoms with Gasteiger partial charge in [-0.3, -0.25) is 0 Å². The SMILES string of the molecule is Cc1ccc(-c2cn3ccnc3c(-c3ccccc3)n2)cc1. The summed E-state index contributed by atoms with van der Waals surface area (Å²) in [6, 6.07) is 18.6. The van der Waals surface area contributed by atoms with Crippen molar-refractivity contribution in [1.82, 2.24) is 14.4 Å². The van der Waals surface area contributed by atoms with Crippen molar-refractivity contribution in [3.63, 3.8) is 0 Å². The normalized spacial score (nSPS) is 11.0. The summed E-state index contributed by atoms with van der Waals surface area (Å²) in [5, 5.41) is 0. The number of imidazole rings is 1. The van der Waals surface area contributed by atoms with Crippen LogP contribution >= 0.6 is 0 Å². The second kappa shape index (κ2) is 5.11. The van der Waals surface area contributed by atoms with Crippen molar-refractivity contribution in [2.24, 2.45) is 0 Å². The van der Waals surface area contributed by atoms with Gasteiger partial charge in [0.05, 0.1) is 5.69 Å². The number of hydrogen-bond donors (Lipinski definition) is 0. The van der Waals surface area contributed by atoms with Crippen LogP contribution in [0.5, 0.6) is 0 Å². The first kappa shape index (κ1) is 12.8. The van der Waals surface area contributed by atoms with Crippen LogP contribution in [0.2, 0.25) is 0 Å². The van der Waals surface area contributed by atoms with Crippen LogP contribution in [0.1, 0.15) is 5.56 Å². The molecule has 2 aromatic carbocycles. The molecule has 0 aliphatic carbocycles. The van der Waals surface area contributed by atoms with E-state index >= 15 is 0 Å². The number of benzene rings is 2. The summed E-state index contributed by atoms with van der Waals surface area (Å²) in [5.74, 6) is 0. The van der Waals surface area contributed by atoms with Gasteiger partial charge in [0, 0.05) is 29.7 Å². The molecule has 0 unspecified atom stereocenters. The van der Waals surface area contributed by atoms with Crippen molar-refractivity contribution in [3.8, 4) is 22.5 Å². The highest BCUT2D eigenvalue weighted by atomic mass is 15.0. The van der Waals surface area contributed by atoms with Gasteiger partial charge in [0.15, 0.2) is 5.65 Å². The summed E-state index contributed by atoms with van der Waals surface area (Å²) in [5.41, 5.74) is 6.16. The third-order valence-corrected chi connectivity index (χ3v) is 3.77. The monoisotopic (exact) mass is 285 g/mol. The molecule has 0 N–H and O–H groups in total. The highest BCUT2D eigenvalue weighted by molar-refractivity contribution is 5.76. The van der Waals surface area contributed by atoms with Gasteiger partial charge < -0.3 is 4.40 Å². The van der Waals surface area contributed by atoms with Gasteiger partial charge in [0.25, 0.3) is 0 Å². The summed E-state index contributed by atoms with van der Waals surface area (Å²) < 4.78 is 2.03. The summed E-state index contributed by atoms with van der Waals surface area (Å²) >= 11 is 0. The molecule has 0 radical (unpaired) electrons. The minimum Gasteiger partial charge on any atom is -0.303 e. The standard InChI is InChI=1S/C19H15N3/c1-14-7-9-15(10-8-14)17-13-22-12-11-20-19(22)18(21-17)16-5-3-2-4-6-16/h2-13H,1H3. The highest BCUT2D eigenvalue weighted by Gasteiger charge is 2.10. The first-order valence-corrected chi connectivity index (χ1v) is 7.27. The number of fused-ring (bicyclic) bond motifs is 1. The second-order valence-electron chi connectivity index (χ2n) is 5.36. The fraction of sp³-hybridized carbons (Fsp3) is 0.0526. The molecule has 106 valence electrons. The quantitative estimate of drug-likeness (QED) is 0.547. The molecule has 0 amide bonds. The molecule has 3 nitrogen and oxygen atoms in total. The maximum atomic E-state index is 4.86. The van der Waals surface area contributed by atoms with E-state index < -0.39 is 0 Å². The Bertz CT molecular complexity index is 922. The van der Waals surface area contributed by atoms with E-state index in [0.717, 1.165) is 28.2 Å². The molecule has 0 spiro atoms. The number of nitrogens with zero attached hydrogens (tertiary/aromatic N) is 3. The average molecular weight is 285 g/mol. The van der Waals surface area contributed by atoms with E-state index in [1.54, 1.807) is 0 Å². The van der Waals surface area contributed by atoms with Crippen LogP contribution in [-0.2, 0) is 0 Å². The smallest absolute Gasteiger partial charge is 0.163 e. The zero-order chi connectivity index (χ0) is 14.9. The number of aryl methyl sites for hydroxylation is 1. The number of rotatable bonds is 2. The Labute approximate surface area is 128 Å². The number of aromatic nitrogens is 3. The summed E-state index contributed by atoms with van der Waals surface area (Å²) in [6.07, 6.45) is 5.79. The lowest BCUT2D eigenvalue weighted by Gasteiger charge is -2.08. The van der Waals surface area contributed by atoms with Gasteiger partial charge >= 0.3 is 0 Å². The lowest BCUT2D eigenvalue weighted by molar-refractivity contribution is 1.13. The van der Waals surface area contributed by atoms with Crippen LogP contribution in [0.15, 0.2) is 73.2 Å². The molecule has 0 bridgehead atoms. The van der Waals surface area contributed by atoms with Crippen LogP contribution in [0.3, 0.4) is 0 Å². The van der Waals surface area contributed by atoms with Gasteiger partial charge in [-0.25, -0.2) is 9.97 Å². The van der Waals surface area contributed by atoms with Crippen LogP contribution in [0.25, 0.3) is 28.2 Å². The molecule has 0 atom stereocenters. The predicted octanol–water partition coefficient (Wildman–Crippen LogP) is 4.37. The largest absolute Gasteiger partial charge is 0.303 e. The Hall–Kier alpha value is -2.94. The maximum Gasteiger partial charge on any atom is 0.163 e. The molecule has 2 heterocycles. The van der Waals surface area contributed by atoms with E-state index in [-0.39, 0.29) is 0 Å². The molecule has 22 heavy (non-hydrogen) atoms. The fourth-order valence-corrected chi connectivity index (χ4v) is 2.58. The Morgan fingerprint density at radius 1 is 0.864 bits per heavy atom. The minimum absolute atomic E-state index is 0.877. The van der Waals surface area contributed by atoms with Gasteiger partial charge in [-0.05, 0) is 6.92 Å². The summed E-state index contributed by atoms with van der Waals surface area (Å²) in [7, 11) is 0. The summed E-state index contributed by atoms with van der Waals surface area (Å²) in [4.78, 5) is 9.30. The van der Waals surface area contributed by atoms with Crippen LogP contribution in [0.4, 0.5) is 0 Å². The van der Waals surface area contributed by atoms with E-state index in [2.05, 4.69) is 48.3 Å². The third-order valence-electron chi connectivity index (χ3n) is 3.77. The van der Waals surface area contributed by atoms with Crippen molar-refractivity contribution in [3.05, 3.63) is 78.8 Å². The summed E-state index contributed by atoms with van der Waals surface area (Å²) in [6.45, 7) is 2.09. The van der Waals surface area contributed by atoms with Gasteiger partial charge in [0.2, 0.25) is 0 Å². The van der Waals surface area contributed by atoms with Crippen molar-refractivity contribution < 1.29 is 0 Å². The van der Waals surface area contributed by atoms with E-state index in [9.17, 15) is 0 Å². The molecular weight excluding hydrogens is 270 g/mol. The molecule has 0 saturated heterocycles. The molecular formula is C19H15N3. The first-order valence-electron chi connectivity index (χ1n) is 7.27. The van der Waals surface area contributed by atoms with Crippen molar-refractivity contribution >= 4 is 5.65 Å². The van der Waals surface area contributed by atoms with E-state index in [4.69, 9.17) is 4.98 Å². The van der Waals surface area contributed by atoms with E-state index in [1.165, 1.54) is 5.56 Å². The average Bonchev–Trinajstić information content (AvgIpc) is 3.04. The zero-order valence-electron chi connectivity index (χ0n) is 12.3. The van der Waals surface area contributed by atoms with E-state index in [1.807, 2.05) is 41.2 Å². The zero-order valence-corrected chi connectivity index (χ0v) is 12.3. The van der Waals surface area contributed by atoms with Gasteiger partial charge in [0.1, 0.15) is 5.69 Å². The van der Waals surface area contributed by atoms with Crippen LogP contribution in [-0.4, -0.2) is 14.4 Å². The Morgan fingerprint density at radius 3 is 2.41 bits per heavy atom. The van der Waals surface area contributed by atoms with E-state index in [0.29, 0.717) is 0 Å². The predicted molar refractivity (Wildman–Crippen MR) is 88.6 cm³/mol. The second-order valence-corrected chi connectivity index (χ2v) is 5.36. The minimum atomic E-state index is 0.877. The molecule has 0 aliphatic heterocycles. The lowest BCUT2D eigenvalue weighted by Crippen LogP contribution is -1.95. The topological polar surface area (TPSA) is 30.2 Å². The lowest BCUT2D eigenvalue weighted by atomic mass is 10.1. The molecule has 3 heteroatoms.